The van der Waals surface area contributed by atoms with Crippen LogP contribution in [0.4, 0.5) is 5.82 Å². The van der Waals surface area contributed by atoms with Gasteiger partial charge in [-0.15, -0.1) is 0 Å². The van der Waals surface area contributed by atoms with Crippen LogP contribution in [0, 0.1) is 3.57 Å². The molecule has 1 aromatic rings. The molecule has 0 saturated heterocycles. The van der Waals surface area contributed by atoms with Gasteiger partial charge in [-0.1, -0.05) is 12.2 Å². The summed E-state index contributed by atoms with van der Waals surface area (Å²) in [6.07, 6.45) is 1.99. The highest BCUT2D eigenvalue weighted by Gasteiger charge is 2.09. The minimum absolute atomic E-state index is 0.136. The summed E-state index contributed by atoms with van der Waals surface area (Å²) in [7, 11) is 1.85. The van der Waals surface area contributed by atoms with Gasteiger partial charge in [0.05, 0.1) is 11.3 Å². The van der Waals surface area contributed by atoms with Crippen LogP contribution in [0.5, 0.6) is 0 Å². The van der Waals surface area contributed by atoms with Gasteiger partial charge in [-0.2, -0.15) is 0 Å². The summed E-state index contributed by atoms with van der Waals surface area (Å²) in [6, 6.07) is 0. The number of nitrogens with zero attached hydrogens (tertiary/aromatic N) is 2. The van der Waals surface area contributed by atoms with E-state index in [9.17, 15) is 4.79 Å². The Bertz CT molecular complexity index is 419. The minimum atomic E-state index is -0.136. The minimum Gasteiger partial charge on any atom is -0.393 e. The quantitative estimate of drug-likeness (QED) is 0.617. The fourth-order valence-corrected chi connectivity index (χ4v) is 1.82. The Hall–Kier alpha value is -0.700. The highest BCUT2D eigenvalue weighted by Crippen LogP contribution is 2.13. The molecule has 0 aliphatic rings. The normalized spacial score (nSPS) is 10.0. The number of anilines is 1. The van der Waals surface area contributed by atoms with Gasteiger partial charge < -0.3 is 15.6 Å². The molecule has 1 rings (SSSR count). The van der Waals surface area contributed by atoms with Crippen molar-refractivity contribution in [1.82, 2.24) is 9.97 Å². The van der Waals surface area contributed by atoms with Gasteiger partial charge in [-0.25, -0.2) is 4.98 Å². The van der Waals surface area contributed by atoms with Crippen molar-refractivity contribution in [3.63, 3.8) is 0 Å². The van der Waals surface area contributed by atoms with Crippen molar-refractivity contribution in [3.8, 4) is 0 Å². The zero-order valence-electron chi connectivity index (χ0n) is 8.16. The number of aromatic nitrogens is 2. The average molecular weight is 338 g/mol. The van der Waals surface area contributed by atoms with E-state index in [1.807, 2.05) is 34.5 Å². The highest BCUT2D eigenvalue weighted by atomic mass is 127. The Morgan fingerprint density at radius 3 is 3.07 bits per heavy atom. The van der Waals surface area contributed by atoms with E-state index in [0.717, 1.165) is 0 Å². The first-order chi connectivity index (χ1) is 7.02. The lowest BCUT2D eigenvalue weighted by Crippen LogP contribution is -2.27. The third-order valence-corrected chi connectivity index (χ3v) is 3.01. The maximum Gasteiger partial charge on any atom is 0.266 e. The van der Waals surface area contributed by atoms with Crippen molar-refractivity contribution in [2.24, 2.45) is 5.73 Å². The number of nitrogens with one attached hydrogen (secondary N) is 1. The molecule has 15 heavy (non-hydrogen) atoms. The third kappa shape index (κ3) is 3.42. The number of rotatable bonds is 4. The molecular formula is C8H11IN4OS. The molecule has 0 aliphatic carbocycles. The molecule has 0 spiro atoms. The highest BCUT2D eigenvalue weighted by molar-refractivity contribution is 14.1. The summed E-state index contributed by atoms with van der Waals surface area (Å²) in [6.45, 7) is 0.655. The molecule has 0 saturated carbocycles. The van der Waals surface area contributed by atoms with Crippen molar-refractivity contribution in [2.45, 2.75) is 6.42 Å². The maximum absolute atomic E-state index is 11.3. The van der Waals surface area contributed by atoms with Gasteiger partial charge >= 0.3 is 0 Å². The van der Waals surface area contributed by atoms with Crippen molar-refractivity contribution in [1.29, 1.82) is 0 Å². The summed E-state index contributed by atoms with van der Waals surface area (Å²) >= 11 is 6.75. The fraction of sp³-hybridized carbons (Fsp3) is 0.375. The number of hydrogen-bond acceptors (Lipinski definition) is 4. The molecule has 7 heteroatoms. The SMILES string of the molecule is CN(CCC(N)=S)c1nc[nH]c(=O)c1I. The lowest BCUT2D eigenvalue weighted by molar-refractivity contribution is 0.882. The van der Waals surface area contributed by atoms with Gasteiger partial charge in [-0.3, -0.25) is 4.79 Å². The molecule has 1 heterocycles. The van der Waals surface area contributed by atoms with Gasteiger partial charge in [-0.05, 0) is 22.6 Å². The van der Waals surface area contributed by atoms with E-state index >= 15 is 0 Å². The van der Waals surface area contributed by atoms with Crippen LogP contribution in [0.15, 0.2) is 11.1 Å². The molecule has 0 amide bonds. The molecule has 0 unspecified atom stereocenters. The summed E-state index contributed by atoms with van der Waals surface area (Å²) in [5.41, 5.74) is 5.27. The lowest BCUT2D eigenvalue weighted by Gasteiger charge is -2.18. The van der Waals surface area contributed by atoms with E-state index < -0.39 is 0 Å². The van der Waals surface area contributed by atoms with Gasteiger partial charge in [0.15, 0.2) is 0 Å². The van der Waals surface area contributed by atoms with E-state index in [1.165, 1.54) is 6.33 Å². The van der Waals surface area contributed by atoms with E-state index in [2.05, 4.69) is 9.97 Å². The molecule has 0 atom stereocenters. The molecule has 0 radical (unpaired) electrons. The number of aromatic amines is 1. The summed E-state index contributed by atoms with van der Waals surface area (Å²) in [5, 5.41) is 0. The zero-order chi connectivity index (χ0) is 11.4. The first-order valence-corrected chi connectivity index (χ1v) is 5.73. The fourth-order valence-electron chi connectivity index (χ4n) is 1.02. The van der Waals surface area contributed by atoms with E-state index in [1.54, 1.807) is 0 Å². The average Bonchev–Trinajstić information content (AvgIpc) is 2.18. The second-order valence-electron chi connectivity index (χ2n) is 3.01. The van der Waals surface area contributed by atoms with Gasteiger partial charge in [0, 0.05) is 20.0 Å². The van der Waals surface area contributed by atoms with Gasteiger partial charge in [0.1, 0.15) is 9.39 Å². The molecule has 0 aliphatic heterocycles. The van der Waals surface area contributed by atoms with Crippen LogP contribution in [-0.4, -0.2) is 28.5 Å². The van der Waals surface area contributed by atoms with Crippen LogP contribution in [0.3, 0.4) is 0 Å². The number of hydrogen-bond donors (Lipinski definition) is 2. The van der Waals surface area contributed by atoms with E-state index in [0.29, 0.717) is 27.3 Å². The predicted octanol–water partition coefficient (Wildman–Crippen LogP) is 0.487. The Morgan fingerprint density at radius 2 is 2.47 bits per heavy atom. The van der Waals surface area contributed by atoms with Crippen molar-refractivity contribution < 1.29 is 0 Å². The van der Waals surface area contributed by atoms with Crippen LogP contribution < -0.4 is 16.2 Å². The van der Waals surface area contributed by atoms with Crippen molar-refractivity contribution >= 4 is 45.6 Å². The zero-order valence-corrected chi connectivity index (χ0v) is 11.1. The van der Waals surface area contributed by atoms with Crippen molar-refractivity contribution in [3.05, 3.63) is 20.3 Å². The standard InChI is InChI=1S/C8H11IN4OS/c1-13(3-2-5(10)15)7-6(9)8(14)12-4-11-7/h4H,2-3H2,1H3,(H2,10,15)(H,11,12,14). The third-order valence-electron chi connectivity index (χ3n) is 1.83. The van der Waals surface area contributed by atoms with Crippen LogP contribution in [-0.2, 0) is 0 Å². The Morgan fingerprint density at radius 1 is 1.80 bits per heavy atom. The Labute approximate surface area is 106 Å². The number of halogens is 1. The van der Waals surface area contributed by atoms with Crippen LogP contribution in [0.25, 0.3) is 0 Å². The molecule has 0 fully saturated rings. The van der Waals surface area contributed by atoms with E-state index in [4.69, 9.17) is 18.0 Å². The Balaban J connectivity index is 2.82. The van der Waals surface area contributed by atoms with Crippen molar-refractivity contribution in [2.75, 3.05) is 18.5 Å². The number of nitrogens with two attached hydrogens (primary N) is 1. The van der Waals surface area contributed by atoms with Crippen LogP contribution in [0.2, 0.25) is 0 Å². The molecule has 0 aromatic carbocycles. The monoisotopic (exact) mass is 338 g/mol. The number of thiocarbonyl (C=S) groups is 1. The topological polar surface area (TPSA) is 75.0 Å². The lowest BCUT2D eigenvalue weighted by atomic mass is 10.4. The van der Waals surface area contributed by atoms with Crippen LogP contribution in [0.1, 0.15) is 6.42 Å². The molecule has 1 aromatic heterocycles. The van der Waals surface area contributed by atoms with Gasteiger partial charge in [0.25, 0.3) is 5.56 Å². The smallest absolute Gasteiger partial charge is 0.266 e. The second-order valence-corrected chi connectivity index (χ2v) is 4.61. The first kappa shape index (κ1) is 12.4. The van der Waals surface area contributed by atoms with Gasteiger partial charge in [0.2, 0.25) is 0 Å². The molecule has 3 N–H and O–H groups in total. The molecule has 5 nitrogen and oxygen atoms in total. The maximum atomic E-state index is 11.3. The van der Waals surface area contributed by atoms with E-state index in [-0.39, 0.29) is 5.56 Å². The second kappa shape index (κ2) is 5.40. The molecule has 82 valence electrons. The molecule has 0 bridgehead atoms. The molecular weight excluding hydrogens is 327 g/mol. The summed E-state index contributed by atoms with van der Waals surface area (Å²) in [4.78, 5) is 20.2. The largest absolute Gasteiger partial charge is 0.393 e. The summed E-state index contributed by atoms with van der Waals surface area (Å²) in [5.74, 6) is 0.649. The number of H-pyrrole nitrogens is 1. The Kier molecular flexibility index (Phi) is 4.45. The summed E-state index contributed by atoms with van der Waals surface area (Å²) < 4.78 is 0.570. The predicted molar refractivity (Wildman–Crippen MR) is 72.2 cm³/mol. The van der Waals surface area contributed by atoms with Crippen LogP contribution >= 0.6 is 34.8 Å². The first-order valence-electron chi connectivity index (χ1n) is 4.25.